The molecule has 0 saturated carbocycles. The number of ketones is 1. The number of hydrogen-bond acceptors (Lipinski definition) is 3. The van der Waals surface area contributed by atoms with Gasteiger partial charge in [-0.1, -0.05) is 30.3 Å². The van der Waals surface area contributed by atoms with Crippen LogP contribution < -0.4 is 0 Å². The Morgan fingerprint density at radius 1 is 1.24 bits per heavy atom. The number of nitrogens with zero attached hydrogens (tertiary/aromatic N) is 2. The second kappa shape index (κ2) is 5.40. The van der Waals surface area contributed by atoms with Crippen LogP contribution in [0.3, 0.4) is 0 Å². The molecule has 0 amide bonds. The van der Waals surface area contributed by atoms with Gasteiger partial charge in [0.2, 0.25) is 0 Å². The fourth-order valence-electron chi connectivity index (χ4n) is 2.51. The number of benzene rings is 1. The topological polar surface area (TPSA) is 48.0 Å². The standard InChI is InChI=1S/C17H16N2O2/c1-12(20)15-11-16(21-13(15)2)17(19-10-6-9-18-19)14-7-4-3-5-8-14/h3-11,17H,1-2H3. The highest BCUT2D eigenvalue weighted by Crippen LogP contribution is 2.29. The molecule has 0 aliphatic carbocycles. The highest BCUT2D eigenvalue weighted by atomic mass is 16.3. The summed E-state index contributed by atoms with van der Waals surface area (Å²) < 4.78 is 7.67. The molecule has 3 aromatic rings. The van der Waals surface area contributed by atoms with Crippen molar-refractivity contribution in [2.45, 2.75) is 19.9 Å². The molecule has 0 aliphatic heterocycles. The largest absolute Gasteiger partial charge is 0.463 e. The molecule has 3 rings (SSSR count). The Bertz CT molecular complexity index is 742. The van der Waals surface area contributed by atoms with Crippen LogP contribution >= 0.6 is 0 Å². The van der Waals surface area contributed by atoms with E-state index in [0.717, 1.165) is 5.56 Å². The predicted molar refractivity (Wildman–Crippen MR) is 79.4 cm³/mol. The average Bonchev–Trinajstić information content (AvgIpc) is 3.11. The van der Waals surface area contributed by atoms with Gasteiger partial charge in [0.1, 0.15) is 17.6 Å². The van der Waals surface area contributed by atoms with Crippen LogP contribution in [-0.4, -0.2) is 15.6 Å². The third kappa shape index (κ3) is 2.52. The zero-order chi connectivity index (χ0) is 14.8. The number of aromatic nitrogens is 2. The van der Waals surface area contributed by atoms with Crippen molar-refractivity contribution in [1.82, 2.24) is 9.78 Å². The lowest BCUT2D eigenvalue weighted by Gasteiger charge is -2.15. The molecule has 2 aromatic heterocycles. The van der Waals surface area contributed by atoms with Crippen molar-refractivity contribution in [3.63, 3.8) is 0 Å². The van der Waals surface area contributed by atoms with Crippen molar-refractivity contribution in [1.29, 1.82) is 0 Å². The summed E-state index contributed by atoms with van der Waals surface area (Å²) in [5, 5.41) is 4.32. The molecule has 0 radical (unpaired) electrons. The van der Waals surface area contributed by atoms with Gasteiger partial charge in [-0.2, -0.15) is 5.10 Å². The number of rotatable bonds is 4. The first-order valence-electron chi connectivity index (χ1n) is 6.82. The molecule has 4 nitrogen and oxygen atoms in total. The monoisotopic (exact) mass is 280 g/mol. The number of furan rings is 1. The van der Waals surface area contributed by atoms with Gasteiger partial charge in [0, 0.05) is 12.4 Å². The molecule has 1 atom stereocenters. The summed E-state index contributed by atoms with van der Waals surface area (Å²) in [7, 11) is 0. The van der Waals surface area contributed by atoms with Crippen LogP contribution in [0.25, 0.3) is 0 Å². The lowest BCUT2D eigenvalue weighted by atomic mass is 10.0. The molecule has 2 heterocycles. The van der Waals surface area contributed by atoms with Crippen molar-refractivity contribution >= 4 is 5.78 Å². The molecule has 0 N–H and O–H groups in total. The Labute approximate surface area is 123 Å². The minimum atomic E-state index is -0.173. The van der Waals surface area contributed by atoms with Crippen molar-refractivity contribution in [3.05, 3.63) is 77.5 Å². The maximum Gasteiger partial charge on any atom is 0.163 e. The summed E-state index contributed by atoms with van der Waals surface area (Å²) in [6.07, 6.45) is 3.63. The summed E-state index contributed by atoms with van der Waals surface area (Å²) in [4.78, 5) is 11.6. The summed E-state index contributed by atoms with van der Waals surface area (Å²) in [6.45, 7) is 3.36. The van der Waals surface area contributed by atoms with Gasteiger partial charge in [-0.15, -0.1) is 0 Å². The Balaban J connectivity index is 2.12. The van der Waals surface area contributed by atoms with Crippen LogP contribution in [0, 0.1) is 6.92 Å². The Morgan fingerprint density at radius 3 is 2.57 bits per heavy atom. The third-order valence-electron chi connectivity index (χ3n) is 3.49. The molecule has 1 unspecified atom stereocenters. The van der Waals surface area contributed by atoms with E-state index in [1.54, 1.807) is 13.1 Å². The fourth-order valence-corrected chi connectivity index (χ4v) is 2.51. The number of hydrogen-bond donors (Lipinski definition) is 0. The highest BCUT2D eigenvalue weighted by Gasteiger charge is 2.22. The summed E-state index contributed by atoms with van der Waals surface area (Å²) in [6, 6.07) is 13.5. The third-order valence-corrected chi connectivity index (χ3v) is 3.49. The fraction of sp³-hybridized carbons (Fsp3) is 0.176. The van der Waals surface area contributed by atoms with Crippen molar-refractivity contribution in [2.24, 2.45) is 0 Å². The lowest BCUT2D eigenvalue weighted by Crippen LogP contribution is -2.12. The number of aryl methyl sites for hydroxylation is 1. The number of carbonyl (C=O) groups excluding carboxylic acids is 1. The molecule has 0 aliphatic rings. The van der Waals surface area contributed by atoms with Gasteiger partial charge < -0.3 is 4.42 Å². The summed E-state index contributed by atoms with van der Waals surface area (Å²) in [5.41, 5.74) is 1.68. The van der Waals surface area contributed by atoms with E-state index in [0.29, 0.717) is 17.1 Å². The quantitative estimate of drug-likeness (QED) is 0.686. The van der Waals surface area contributed by atoms with Gasteiger partial charge in [0.25, 0.3) is 0 Å². The Hall–Kier alpha value is -2.62. The second-order valence-corrected chi connectivity index (χ2v) is 4.97. The molecular formula is C17H16N2O2. The molecule has 106 valence electrons. The zero-order valence-corrected chi connectivity index (χ0v) is 12.0. The number of carbonyl (C=O) groups is 1. The van der Waals surface area contributed by atoms with Gasteiger partial charge in [-0.05, 0) is 31.5 Å². The van der Waals surface area contributed by atoms with E-state index in [1.165, 1.54) is 0 Å². The van der Waals surface area contributed by atoms with E-state index >= 15 is 0 Å². The SMILES string of the molecule is CC(=O)c1cc(C(c2ccccc2)n2cccn2)oc1C. The van der Waals surface area contributed by atoms with Crippen LogP contribution in [0.1, 0.15) is 40.4 Å². The molecule has 0 spiro atoms. The molecule has 0 bridgehead atoms. The second-order valence-electron chi connectivity index (χ2n) is 4.97. The maximum absolute atomic E-state index is 11.6. The Kier molecular flexibility index (Phi) is 3.44. The molecular weight excluding hydrogens is 264 g/mol. The lowest BCUT2D eigenvalue weighted by molar-refractivity contribution is 0.101. The normalized spacial score (nSPS) is 12.3. The summed E-state index contributed by atoms with van der Waals surface area (Å²) >= 11 is 0. The highest BCUT2D eigenvalue weighted by molar-refractivity contribution is 5.95. The van der Waals surface area contributed by atoms with Crippen LogP contribution in [0.4, 0.5) is 0 Å². The molecule has 21 heavy (non-hydrogen) atoms. The Morgan fingerprint density at radius 2 is 2.00 bits per heavy atom. The average molecular weight is 280 g/mol. The van der Waals surface area contributed by atoms with Gasteiger partial charge in [0.05, 0.1) is 5.56 Å². The minimum absolute atomic E-state index is 0.00905. The van der Waals surface area contributed by atoms with Crippen LogP contribution in [0.5, 0.6) is 0 Å². The van der Waals surface area contributed by atoms with Crippen molar-refractivity contribution in [3.8, 4) is 0 Å². The van der Waals surface area contributed by atoms with E-state index in [4.69, 9.17) is 4.42 Å². The van der Waals surface area contributed by atoms with Crippen LogP contribution in [-0.2, 0) is 0 Å². The smallest absolute Gasteiger partial charge is 0.163 e. The van der Waals surface area contributed by atoms with Crippen molar-refractivity contribution < 1.29 is 9.21 Å². The first-order valence-corrected chi connectivity index (χ1v) is 6.82. The van der Waals surface area contributed by atoms with Gasteiger partial charge >= 0.3 is 0 Å². The first kappa shape index (κ1) is 13.4. The molecule has 1 aromatic carbocycles. The van der Waals surface area contributed by atoms with Gasteiger partial charge in [-0.3, -0.25) is 9.48 Å². The van der Waals surface area contributed by atoms with E-state index in [2.05, 4.69) is 5.10 Å². The van der Waals surface area contributed by atoms with E-state index in [-0.39, 0.29) is 11.8 Å². The van der Waals surface area contributed by atoms with Crippen LogP contribution in [0.15, 0.2) is 59.3 Å². The van der Waals surface area contributed by atoms with E-state index in [9.17, 15) is 4.79 Å². The van der Waals surface area contributed by atoms with Gasteiger partial charge in [0.15, 0.2) is 5.78 Å². The predicted octanol–water partition coefficient (Wildman–Crippen LogP) is 3.62. The number of Topliss-reactive ketones (excluding diaryl/α,β-unsaturated/α-hetero) is 1. The molecule has 0 saturated heterocycles. The van der Waals surface area contributed by atoms with E-state index in [1.807, 2.05) is 60.3 Å². The maximum atomic E-state index is 11.6. The summed E-state index contributed by atoms with van der Waals surface area (Å²) in [5.74, 6) is 1.37. The zero-order valence-electron chi connectivity index (χ0n) is 12.0. The van der Waals surface area contributed by atoms with Crippen LogP contribution in [0.2, 0.25) is 0 Å². The van der Waals surface area contributed by atoms with E-state index < -0.39 is 0 Å². The molecule has 0 fully saturated rings. The molecule has 4 heteroatoms. The minimum Gasteiger partial charge on any atom is -0.463 e. The van der Waals surface area contributed by atoms with Gasteiger partial charge in [-0.25, -0.2) is 0 Å². The first-order chi connectivity index (χ1) is 10.2. The van der Waals surface area contributed by atoms with Crippen molar-refractivity contribution in [2.75, 3.05) is 0 Å².